The van der Waals surface area contributed by atoms with Gasteiger partial charge in [0, 0.05) is 23.0 Å². The molecule has 1 aromatic heterocycles. The van der Waals surface area contributed by atoms with E-state index in [1.165, 1.54) is 12.1 Å². The van der Waals surface area contributed by atoms with Crippen molar-refractivity contribution in [3.63, 3.8) is 0 Å². The highest BCUT2D eigenvalue weighted by Crippen LogP contribution is 2.19. The standard InChI is InChI=1S/C12H14FNO/c1-12(2,15)7-10-6-8-5-9(13)3-4-11(8)14-10/h3-6,14-15H,7H2,1-2H3. The molecule has 3 heteroatoms. The van der Waals surface area contributed by atoms with Crippen LogP contribution in [-0.4, -0.2) is 15.7 Å². The van der Waals surface area contributed by atoms with Crippen LogP contribution in [0.5, 0.6) is 0 Å². The van der Waals surface area contributed by atoms with Gasteiger partial charge in [0.15, 0.2) is 0 Å². The number of H-pyrrole nitrogens is 1. The Labute approximate surface area is 87.7 Å². The maximum atomic E-state index is 12.9. The fraction of sp³-hybridized carbons (Fsp3) is 0.333. The van der Waals surface area contributed by atoms with Crippen molar-refractivity contribution < 1.29 is 9.50 Å². The topological polar surface area (TPSA) is 36.0 Å². The van der Waals surface area contributed by atoms with Gasteiger partial charge in [0.05, 0.1) is 5.60 Å². The van der Waals surface area contributed by atoms with Crippen molar-refractivity contribution >= 4 is 10.9 Å². The smallest absolute Gasteiger partial charge is 0.123 e. The zero-order valence-corrected chi connectivity index (χ0v) is 8.84. The Kier molecular flexibility index (Phi) is 2.27. The molecule has 0 fully saturated rings. The highest BCUT2D eigenvalue weighted by molar-refractivity contribution is 5.80. The zero-order valence-electron chi connectivity index (χ0n) is 8.84. The Hall–Kier alpha value is -1.35. The molecule has 0 saturated heterocycles. The minimum absolute atomic E-state index is 0.240. The first-order valence-electron chi connectivity index (χ1n) is 4.94. The second-order valence-electron chi connectivity index (χ2n) is 4.52. The van der Waals surface area contributed by atoms with Gasteiger partial charge in [0.25, 0.3) is 0 Å². The minimum Gasteiger partial charge on any atom is -0.390 e. The van der Waals surface area contributed by atoms with E-state index in [4.69, 9.17) is 0 Å². The van der Waals surface area contributed by atoms with Gasteiger partial charge in [-0.3, -0.25) is 0 Å². The Morgan fingerprint density at radius 1 is 1.33 bits per heavy atom. The van der Waals surface area contributed by atoms with E-state index >= 15 is 0 Å². The fourth-order valence-electron chi connectivity index (χ4n) is 1.72. The number of hydrogen-bond acceptors (Lipinski definition) is 1. The highest BCUT2D eigenvalue weighted by atomic mass is 19.1. The van der Waals surface area contributed by atoms with Gasteiger partial charge >= 0.3 is 0 Å². The van der Waals surface area contributed by atoms with E-state index in [2.05, 4.69) is 4.98 Å². The van der Waals surface area contributed by atoms with Crippen molar-refractivity contribution in [2.24, 2.45) is 0 Å². The summed E-state index contributed by atoms with van der Waals surface area (Å²) in [6.07, 6.45) is 0.531. The summed E-state index contributed by atoms with van der Waals surface area (Å²) in [4.78, 5) is 3.15. The van der Waals surface area contributed by atoms with E-state index in [9.17, 15) is 9.50 Å². The summed E-state index contributed by atoms with van der Waals surface area (Å²) in [5.41, 5.74) is 1.07. The highest BCUT2D eigenvalue weighted by Gasteiger charge is 2.14. The largest absolute Gasteiger partial charge is 0.390 e. The molecule has 0 amide bonds. The predicted octanol–water partition coefficient (Wildman–Crippen LogP) is 2.62. The Morgan fingerprint density at radius 2 is 2.07 bits per heavy atom. The molecule has 0 aliphatic rings. The lowest BCUT2D eigenvalue weighted by Gasteiger charge is -2.15. The molecule has 0 bridgehead atoms. The molecule has 2 rings (SSSR count). The normalized spacial score (nSPS) is 12.3. The number of rotatable bonds is 2. The Morgan fingerprint density at radius 3 is 2.73 bits per heavy atom. The quantitative estimate of drug-likeness (QED) is 0.780. The monoisotopic (exact) mass is 207 g/mol. The maximum absolute atomic E-state index is 12.9. The third-order valence-corrected chi connectivity index (χ3v) is 2.26. The summed E-state index contributed by atoms with van der Waals surface area (Å²) in [6, 6.07) is 6.49. The lowest BCUT2D eigenvalue weighted by molar-refractivity contribution is 0.0801. The van der Waals surface area contributed by atoms with Crippen LogP contribution in [0.3, 0.4) is 0 Å². The number of halogens is 1. The lowest BCUT2D eigenvalue weighted by Crippen LogP contribution is -2.21. The van der Waals surface area contributed by atoms with Crippen molar-refractivity contribution in [1.82, 2.24) is 4.98 Å². The van der Waals surface area contributed by atoms with E-state index in [0.29, 0.717) is 6.42 Å². The van der Waals surface area contributed by atoms with Crippen LogP contribution < -0.4 is 0 Å². The van der Waals surface area contributed by atoms with Crippen LogP contribution in [0.2, 0.25) is 0 Å². The van der Waals surface area contributed by atoms with Crippen LogP contribution in [0.15, 0.2) is 24.3 Å². The van der Waals surface area contributed by atoms with E-state index < -0.39 is 5.60 Å². The molecule has 2 N–H and O–H groups in total. The number of aromatic amines is 1. The first-order valence-corrected chi connectivity index (χ1v) is 4.94. The molecular weight excluding hydrogens is 193 g/mol. The molecule has 0 spiro atoms. The Bertz CT molecular complexity index is 482. The molecular formula is C12H14FNO. The number of nitrogens with one attached hydrogen (secondary N) is 1. The van der Waals surface area contributed by atoms with Gasteiger partial charge < -0.3 is 10.1 Å². The molecule has 1 aromatic carbocycles. The molecule has 1 heterocycles. The number of aliphatic hydroxyl groups is 1. The van der Waals surface area contributed by atoms with E-state index in [-0.39, 0.29) is 5.82 Å². The number of benzene rings is 1. The van der Waals surface area contributed by atoms with Crippen LogP contribution in [0.1, 0.15) is 19.5 Å². The molecule has 0 saturated carbocycles. The number of fused-ring (bicyclic) bond motifs is 1. The third-order valence-electron chi connectivity index (χ3n) is 2.26. The van der Waals surface area contributed by atoms with Crippen molar-refractivity contribution in [3.05, 3.63) is 35.8 Å². The van der Waals surface area contributed by atoms with Crippen LogP contribution in [-0.2, 0) is 6.42 Å². The fourth-order valence-corrected chi connectivity index (χ4v) is 1.72. The van der Waals surface area contributed by atoms with Gasteiger partial charge in [-0.25, -0.2) is 4.39 Å². The zero-order chi connectivity index (χ0) is 11.1. The van der Waals surface area contributed by atoms with Gasteiger partial charge in [-0.2, -0.15) is 0 Å². The second-order valence-corrected chi connectivity index (χ2v) is 4.52. The average molecular weight is 207 g/mol. The SMILES string of the molecule is CC(C)(O)Cc1cc2cc(F)ccc2[nH]1. The molecule has 2 nitrogen and oxygen atoms in total. The molecule has 2 aromatic rings. The summed E-state index contributed by atoms with van der Waals surface area (Å²) < 4.78 is 12.9. The van der Waals surface area contributed by atoms with Crippen molar-refractivity contribution in [2.75, 3.05) is 0 Å². The molecule has 0 unspecified atom stereocenters. The molecule has 0 aliphatic heterocycles. The molecule has 0 atom stereocenters. The Balaban J connectivity index is 2.39. The van der Waals surface area contributed by atoms with Crippen LogP contribution in [0.25, 0.3) is 10.9 Å². The summed E-state index contributed by atoms with van der Waals surface area (Å²) >= 11 is 0. The summed E-state index contributed by atoms with van der Waals surface area (Å²) in [5.74, 6) is -0.240. The van der Waals surface area contributed by atoms with Gasteiger partial charge in [0.1, 0.15) is 5.82 Å². The molecule has 0 aliphatic carbocycles. The van der Waals surface area contributed by atoms with Crippen LogP contribution in [0.4, 0.5) is 4.39 Å². The van der Waals surface area contributed by atoms with Crippen LogP contribution in [0, 0.1) is 5.82 Å². The molecule has 15 heavy (non-hydrogen) atoms. The number of hydrogen-bond donors (Lipinski definition) is 2. The van der Waals surface area contributed by atoms with Gasteiger partial charge in [-0.1, -0.05) is 0 Å². The lowest BCUT2D eigenvalue weighted by atomic mass is 10.0. The first kappa shape index (κ1) is 10.2. The second kappa shape index (κ2) is 3.35. The molecule has 80 valence electrons. The summed E-state index contributed by atoms with van der Waals surface area (Å²) in [7, 11) is 0. The third kappa shape index (κ3) is 2.36. The van der Waals surface area contributed by atoms with Crippen molar-refractivity contribution in [3.8, 4) is 0 Å². The summed E-state index contributed by atoms with van der Waals surface area (Å²) in [6.45, 7) is 3.50. The minimum atomic E-state index is -0.751. The van der Waals surface area contributed by atoms with E-state index in [1.54, 1.807) is 19.9 Å². The van der Waals surface area contributed by atoms with E-state index in [0.717, 1.165) is 16.6 Å². The molecule has 0 radical (unpaired) electrons. The van der Waals surface area contributed by atoms with E-state index in [1.807, 2.05) is 6.07 Å². The first-order chi connectivity index (χ1) is 6.94. The van der Waals surface area contributed by atoms with Crippen molar-refractivity contribution in [1.29, 1.82) is 0 Å². The van der Waals surface area contributed by atoms with Gasteiger partial charge in [-0.15, -0.1) is 0 Å². The summed E-state index contributed by atoms with van der Waals surface area (Å²) in [5, 5.41) is 10.5. The predicted molar refractivity (Wildman–Crippen MR) is 58.3 cm³/mol. The van der Waals surface area contributed by atoms with Gasteiger partial charge in [-0.05, 0) is 38.1 Å². The van der Waals surface area contributed by atoms with Crippen molar-refractivity contribution in [2.45, 2.75) is 25.9 Å². The number of aromatic nitrogens is 1. The van der Waals surface area contributed by atoms with Gasteiger partial charge in [0.2, 0.25) is 0 Å². The van der Waals surface area contributed by atoms with Crippen LogP contribution >= 0.6 is 0 Å². The average Bonchev–Trinajstić information content (AvgIpc) is 2.42. The maximum Gasteiger partial charge on any atom is 0.123 e.